The van der Waals surface area contributed by atoms with Crippen LogP contribution < -0.4 is 11.0 Å². The van der Waals surface area contributed by atoms with Gasteiger partial charge >= 0.3 is 11.7 Å². The second-order valence-electron chi connectivity index (χ2n) is 4.00. The Balaban J connectivity index is 2.18. The van der Waals surface area contributed by atoms with E-state index in [0.29, 0.717) is 5.65 Å². The minimum absolute atomic E-state index is 0.321. The average Bonchev–Trinajstić information content (AvgIpc) is 2.66. The van der Waals surface area contributed by atoms with Gasteiger partial charge in [0.15, 0.2) is 5.65 Å². The molecule has 2 N–H and O–H groups in total. The maximum absolute atomic E-state index is 11.9. The van der Waals surface area contributed by atoms with Crippen molar-refractivity contribution in [3.05, 3.63) is 34.9 Å². The largest absolute Gasteiger partial charge is 0.480 e. The summed E-state index contributed by atoms with van der Waals surface area (Å²) < 4.78 is 2.28. The van der Waals surface area contributed by atoms with E-state index in [-0.39, 0.29) is 6.54 Å². The standard InChI is InChI=1S/C11H12N4O4/c1-7(10(17)18)12-9(16)6-15-11(19)14-5-3-2-4-8(14)13-15/h2-5,7H,6H2,1H3,(H,12,16)(H,17,18)/t7-/m1/s1. The number of nitrogens with one attached hydrogen (secondary N) is 1. The van der Waals surface area contributed by atoms with Crippen LogP contribution >= 0.6 is 0 Å². The number of carboxylic acid groups (broad SMARTS) is 1. The lowest BCUT2D eigenvalue weighted by molar-refractivity contribution is -0.141. The third-order valence-corrected chi connectivity index (χ3v) is 2.53. The normalized spacial score (nSPS) is 12.3. The number of hydrogen-bond acceptors (Lipinski definition) is 4. The summed E-state index contributed by atoms with van der Waals surface area (Å²) in [5.74, 6) is -1.73. The van der Waals surface area contributed by atoms with Gasteiger partial charge in [-0.1, -0.05) is 6.07 Å². The third-order valence-electron chi connectivity index (χ3n) is 2.53. The number of amides is 1. The highest BCUT2D eigenvalue weighted by atomic mass is 16.4. The van der Waals surface area contributed by atoms with Crippen molar-refractivity contribution in [2.75, 3.05) is 0 Å². The predicted octanol–water partition coefficient (Wildman–Crippen LogP) is -0.915. The van der Waals surface area contributed by atoms with E-state index in [2.05, 4.69) is 10.4 Å². The first-order valence-electron chi connectivity index (χ1n) is 5.55. The Kier molecular flexibility index (Phi) is 3.32. The number of aliphatic carboxylic acids is 1. The van der Waals surface area contributed by atoms with Gasteiger partial charge in [-0.15, -0.1) is 5.10 Å². The molecule has 1 amide bonds. The van der Waals surface area contributed by atoms with Gasteiger partial charge < -0.3 is 10.4 Å². The third kappa shape index (κ3) is 2.62. The fraction of sp³-hybridized carbons (Fsp3) is 0.273. The van der Waals surface area contributed by atoms with Gasteiger partial charge in [0.1, 0.15) is 12.6 Å². The lowest BCUT2D eigenvalue weighted by atomic mass is 10.3. The van der Waals surface area contributed by atoms with Crippen LogP contribution in [0, 0.1) is 0 Å². The van der Waals surface area contributed by atoms with E-state index in [1.165, 1.54) is 11.3 Å². The van der Waals surface area contributed by atoms with Gasteiger partial charge in [0.05, 0.1) is 0 Å². The molecule has 0 bridgehead atoms. The van der Waals surface area contributed by atoms with Crippen LogP contribution in [0.25, 0.3) is 5.65 Å². The Morgan fingerprint density at radius 3 is 2.84 bits per heavy atom. The van der Waals surface area contributed by atoms with Crippen molar-refractivity contribution in [3.63, 3.8) is 0 Å². The summed E-state index contributed by atoms with van der Waals surface area (Å²) >= 11 is 0. The second kappa shape index (κ2) is 4.92. The highest BCUT2D eigenvalue weighted by Crippen LogP contribution is 1.95. The van der Waals surface area contributed by atoms with Crippen LogP contribution in [0.5, 0.6) is 0 Å². The van der Waals surface area contributed by atoms with Crippen molar-refractivity contribution in [1.82, 2.24) is 19.5 Å². The molecule has 0 spiro atoms. The van der Waals surface area contributed by atoms with Crippen molar-refractivity contribution in [2.24, 2.45) is 0 Å². The molecule has 0 aliphatic carbocycles. The van der Waals surface area contributed by atoms with Gasteiger partial charge in [0.25, 0.3) is 0 Å². The first-order chi connectivity index (χ1) is 8.99. The van der Waals surface area contributed by atoms with E-state index in [1.54, 1.807) is 24.4 Å². The van der Waals surface area contributed by atoms with Crippen LogP contribution in [0.1, 0.15) is 6.92 Å². The maximum atomic E-state index is 11.9. The number of fused-ring (bicyclic) bond motifs is 1. The Bertz CT molecular complexity index is 687. The molecule has 8 heteroatoms. The minimum Gasteiger partial charge on any atom is -0.480 e. The first kappa shape index (κ1) is 12.8. The van der Waals surface area contributed by atoms with Gasteiger partial charge in [-0.2, -0.15) is 0 Å². The van der Waals surface area contributed by atoms with Crippen LogP contribution in [0.15, 0.2) is 29.2 Å². The predicted molar refractivity (Wildman–Crippen MR) is 64.7 cm³/mol. The van der Waals surface area contributed by atoms with Crippen molar-refractivity contribution < 1.29 is 14.7 Å². The smallest absolute Gasteiger partial charge is 0.350 e. The number of hydrogen-bond donors (Lipinski definition) is 2. The van der Waals surface area contributed by atoms with Crippen LogP contribution in [0.4, 0.5) is 0 Å². The van der Waals surface area contributed by atoms with Crippen molar-refractivity contribution in [3.8, 4) is 0 Å². The van der Waals surface area contributed by atoms with Crippen LogP contribution in [-0.2, 0) is 16.1 Å². The molecule has 0 saturated carbocycles. The number of carbonyl (C=O) groups excluding carboxylic acids is 1. The van der Waals surface area contributed by atoms with Gasteiger partial charge in [-0.05, 0) is 19.1 Å². The Morgan fingerprint density at radius 1 is 1.47 bits per heavy atom. The average molecular weight is 264 g/mol. The molecular formula is C11H12N4O4. The van der Waals surface area contributed by atoms with E-state index < -0.39 is 23.6 Å². The van der Waals surface area contributed by atoms with E-state index in [4.69, 9.17) is 5.11 Å². The Labute approximate surface area is 107 Å². The number of carbonyl (C=O) groups is 2. The summed E-state index contributed by atoms with van der Waals surface area (Å²) in [6.45, 7) is 1.02. The lowest BCUT2D eigenvalue weighted by Crippen LogP contribution is -2.41. The zero-order valence-corrected chi connectivity index (χ0v) is 10.1. The SMILES string of the molecule is C[C@@H](NC(=O)Cn1nc2ccccn2c1=O)C(=O)O. The molecule has 0 aliphatic rings. The summed E-state index contributed by atoms with van der Waals surface area (Å²) in [5.41, 5.74) is -0.0275. The molecular weight excluding hydrogens is 252 g/mol. The molecule has 19 heavy (non-hydrogen) atoms. The fourth-order valence-electron chi connectivity index (χ4n) is 1.56. The number of aromatic nitrogens is 3. The van der Waals surface area contributed by atoms with Crippen LogP contribution in [0.3, 0.4) is 0 Å². The van der Waals surface area contributed by atoms with Crippen LogP contribution in [-0.4, -0.2) is 37.2 Å². The molecule has 2 aromatic heterocycles. The van der Waals surface area contributed by atoms with E-state index >= 15 is 0 Å². The quantitative estimate of drug-likeness (QED) is 0.743. The molecule has 0 fully saturated rings. The zero-order valence-electron chi connectivity index (χ0n) is 10.1. The van der Waals surface area contributed by atoms with Gasteiger partial charge in [-0.25, -0.2) is 9.48 Å². The topological polar surface area (TPSA) is 106 Å². The van der Waals surface area contributed by atoms with Crippen LogP contribution in [0.2, 0.25) is 0 Å². The lowest BCUT2D eigenvalue weighted by Gasteiger charge is -2.08. The first-order valence-corrected chi connectivity index (χ1v) is 5.55. The highest BCUT2D eigenvalue weighted by Gasteiger charge is 2.16. The van der Waals surface area contributed by atoms with Gasteiger partial charge in [-0.3, -0.25) is 14.0 Å². The molecule has 0 radical (unpaired) electrons. The van der Waals surface area contributed by atoms with Gasteiger partial charge in [0, 0.05) is 6.20 Å². The molecule has 100 valence electrons. The number of pyridine rings is 1. The number of rotatable bonds is 4. The summed E-state index contributed by atoms with van der Waals surface area (Å²) in [7, 11) is 0. The molecule has 2 heterocycles. The molecule has 8 nitrogen and oxygen atoms in total. The van der Waals surface area contributed by atoms with Crippen molar-refractivity contribution in [1.29, 1.82) is 0 Å². The van der Waals surface area contributed by atoms with Gasteiger partial charge in [0.2, 0.25) is 5.91 Å². The Hall–Kier alpha value is -2.64. The molecule has 0 saturated heterocycles. The summed E-state index contributed by atoms with van der Waals surface area (Å²) in [6.07, 6.45) is 1.54. The van der Waals surface area contributed by atoms with Crippen molar-refractivity contribution >= 4 is 17.5 Å². The molecule has 0 aliphatic heterocycles. The van der Waals surface area contributed by atoms with Crippen molar-refractivity contribution in [2.45, 2.75) is 19.5 Å². The number of carboxylic acids is 1. The molecule has 1 atom stereocenters. The van der Waals surface area contributed by atoms with E-state index in [9.17, 15) is 14.4 Å². The second-order valence-corrected chi connectivity index (χ2v) is 4.00. The maximum Gasteiger partial charge on any atom is 0.350 e. The highest BCUT2D eigenvalue weighted by molar-refractivity contribution is 5.82. The fourth-order valence-corrected chi connectivity index (χ4v) is 1.56. The molecule has 2 aromatic rings. The summed E-state index contributed by atoms with van der Waals surface area (Å²) in [6, 6.07) is 4.02. The monoisotopic (exact) mass is 264 g/mol. The molecule has 2 rings (SSSR count). The summed E-state index contributed by atoms with van der Waals surface area (Å²) in [4.78, 5) is 34.0. The minimum atomic E-state index is -1.14. The van der Waals surface area contributed by atoms with E-state index in [0.717, 1.165) is 4.68 Å². The summed E-state index contributed by atoms with van der Waals surface area (Å²) in [5, 5.41) is 14.9. The molecule has 0 aromatic carbocycles. The zero-order chi connectivity index (χ0) is 14.0. The van der Waals surface area contributed by atoms with E-state index in [1.807, 2.05) is 0 Å². The molecule has 0 unspecified atom stereocenters. The Morgan fingerprint density at radius 2 is 2.21 bits per heavy atom. The number of nitrogens with zero attached hydrogens (tertiary/aromatic N) is 3.